The van der Waals surface area contributed by atoms with Gasteiger partial charge in [-0.25, -0.2) is 9.13 Å². The molecule has 0 aliphatic heterocycles. The first-order valence-corrected chi connectivity index (χ1v) is 11.6. The Labute approximate surface area is 207 Å². The standard InChI is InChI=1S/C28H33N3O.BrH/c1-21(2)16-17-30-18-19-31(22(30)3)26-15-14-25(20-26)28(27(29)32,23-10-6-4-7-11-23)24-12-8-5-9-13-24;/h4-13,16,18-19,25-26H,14-15,17,20H2,1-3H3,(H-,29,32);1H/t25-,26+;/m0./s1. The topological polar surface area (TPSA) is 51.9 Å². The number of carbonyl (C=O) groups is 1. The van der Waals surface area contributed by atoms with Crippen molar-refractivity contribution < 1.29 is 26.3 Å². The molecule has 0 radical (unpaired) electrons. The molecule has 1 aliphatic rings. The minimum atomic E-state index is -0.823. The number of allylic oxidation sites excluding steroid dienone is 2. The largest absolute Gasteiger partial charge is 1.00 e. The molecule has 2 N–H and O–H groups in total. The average molecular weight is 509 g/mol. The summed E-state index contributed by atoms with van der Waals surface area (Å²) in [6, 6.07) is 20.6. The van der Waals surface area contributed by atoms with Crippen LogP contribution < -0.4 is 27.3 Å². The van der Waals surface area contributed by atoms with Crippen molar-refractivity contribution in [3.63, 3.8) is 0 Å². The van der Waals surface area contributed by atoms with E-state index in [0.717, 1.165) is 36.9 Å². The second kappa shape index (κ2) is 10.5. The molecule has 0 bridgehead atoms. The lowest BCUT2D eigenvalue weighted by Crippen LogP contribution is -3.00. The van der Waals surface area contributed by atoms with E-state index in [0.29, 0.717) is 6.04 Å². The number of hydrogen-bond donors (Lipinski definition) is 1. The summed E-state index contributed by atoms with van der Waals surface area (Å²) in [5, 5.41) is 0. The van der Waals surface area contributed by atoms with Gasteiger partial charge in [0.15, 0.2) is 0 Å². The van der Waals surface area contributed by atoms with E-state index in [9.17, 15) is 4.79 Å². The molecule has 1 fully saturated rings. The third kappa shape index (κ3) is 4.70. The van der Waals surface area contributed by atoms with E-state index in [1.165, 1.54) is 11.4 Å². The Morgan fingerprint density at radius 3 is 2.15 bits per heavy atom. The SMILES string of the molecule is CC(C)=CC[n+]1ccn([C@@H]2CC[C@H](C(C(N)=O)(c3ccccc3)c3ccccc3)C2)c1C.[Br-]. The number of imidazole rings is 1. The molecule has 0 unspecified atom stereocenters. The van der Waals surface area contributed by atoms with Crippen LogP contribution in [0.1, 0.15) is 56.1 Å². The van der Waals surface area contributed by atoms with E-state index < -0.39 is 5.41 Å². The van der Waals surface area contributed by atoms with Gasteiger partial charge in [-0.2, -0.15) is 0 Å². The van der Waals surface area contributed by atoms with Crippen molar-refractivity contribution in [3.8, 4) is 0 Å². The highest BCUT2D eigenvalue weighted by Crippen LogP contribution is 2.49. The number of carbonyl (C=O) groups excluding carboxylic acids is 1. The zero-order valence-electron chi connectivity index (χ0n) is 19.7. The zero-order chi connectivity index (χ0) is 22.7. The molecule has 2 aromatic carbocycles. The quantitative estimate of drug-likeness (QED) is 0.385. The van der Waals surface area contributed by atoms with Gasteiger partial charge in [-0.1, -0.05) is 66.2 Å². The van der Waals surface area contributed by atoms with Crippen LogP contribution in [0.5, 0.6) is 0 Å². The Morgan fingerprint density at radius 1 is 1.06 bits per heavy atom. The number of hydrogen-bond acceptors (Lipinski definition) is 1. The highest BCUT2D eigenvalue weighted by Gasteiger charge is 2.51. The molecule has 174 valence electrons. The molecule has 1 saturated carbocycles. The molecular weight excluding hydrogens is 474 g/mol. The Morgan fingerprint density at radius 2 is 1.64 bits per heavy atom. The van der Waals surface area contributed by atoms with Crippen molar-refractivity contribution in [1.29, 1.82) is 0 Å². The summed E-state index contributed by atoms with van der Waals surface area (Å²) in [4.78, 5) is 13.3. The fourth-order valence-electron chi connectivity index (χ4n) is 5.51. The smallest absolute Gasteiger partial charge is 0.253 e. The Balaban J connectivity index is 0.00000306. The number of primary amides is 1. The van der Waals surface area contributed by atoms with E-state index in [2.05, 4.69) is 72.6 Å². The van der Waals surface area contributed by atoms with Gasteiger partial charge >= 0.3 is 0 Å². The van der Waals surface area contributed by atoms with E-state index in [1.807, 2.05) is 36.4 Å². The number of rotatable bonds is 7. The minimum Gasteiger partial charge on any atom is -1.00 e. The molecule has 0 spiro atoms. The van der Waals surface area contributed by atoms with E-state index in [4.69, 9.17) is 5.73 Å². The number of nitrogens with zero attached hydrogens (tertiary/aromatic N) is 2. The van der Waals surface area contributed by atoms with E-state index in [1.54, 1.807) is 0 Å². The van der Waals surface area contributed by atoms with Crippen LogP contribution in [0.25, 0.3) is 0 Å². The van der Waals surface area contributed by atoms with Gasteiger partial charge in [0.2, 0.25) is 5.91 Å². The van der Waals surface area contributed by atoms with Crippen molar-refractivity contribution in [3.05, 3.63) is 102 Å². The molecule has 0 saturated heterocycles. The number of aromatic nitrogens is 2. The molecule has 4 nitrogen and oxygen atoms in total. The van der Waals surface area contributed by atoms with Crippen molar-refractivity contribution >= 4 is 5.91 Å². The number of amides is 1. The summed E-state index contributed by atoms with van der Waals surface area (Å²) < 4.78 is 4.68. The van der Waals surface area contributed by atoms with Crippen LogP contribution in [0.15, 0.2) is 84.7 Å². The Hall–Kier alpha value is -2.66. The highest BCUT2D eigenvalue weighted by molar-refractivity contribution is 5.91. The minimum absolute atomic E-state index is 0. The van der Waals surface area contributed by atoms with E-state index >= 15 is 0 Å². The molecule has 3 aromatic rings. The first kappa shape index (κ1) is 25.0. The van der Waals surface area contributed by atoms with Crippen LogP contribution in [0.2, 0.25) is 0 Å². The average Bonchev–Trinajstić information content (AvgIpc) is 3.41. The lowest BCUT2D eigenvalue weighted by molar-refractivity contribution is -0.692. The maximum atomic E-state index is 13.3. The van der Waals surface area contributed by atoms with Crippen molar-refractivity contribution in [1.82, 2.24) is 4.57 Å². The van der Waals surface area contributed by atoms with Gasteiger partial charge < -0.3 is 22.7 Å². The summed E-state index contributed by atoms with van der Waals surface area (Å²) >= 11 is 0. The number of halogens is 1. The van der Waals surface area contributed by atoms with Crippen LogP contribution in [-0.2, 0) is 16.8 Å². The van der Waals surface area contributed by atoms with Crippen LogP contribution in [0.3, 0.4) is 0 Å². The van der Waals surface area contributed by atoms with Crippen molar-refractivity contribution in [2.24, 2.45) is 11.7 Å². The van der Waals surface area contributed by atoms with Crippen molar-refractivity contribution in [2.45, 2.75) is 58.0 Å². The van der Waals surface area contributed by atoms with Crippen LogP contribution in [0.4, 0.5) is 0 Å². The first-order valence-electron chi connectivity index (χ1n) is 11.6. The van der Waals surface area contributed by atoms with Gasteiger partial charge in [0.25, 0.3) is 5.82 Å². The summed E-state index contributed by atoms with van der Waals surface area (Å²) in [6.07, 6.45) is 9.53. The fourth-order valence-corrected chi connectivity index (χ4v) is 5.51. The maximum Gasteiger partial charge on any atom is 0.253 e. The number of benzene rings is 2. The summed E-state index contributed by atoms with van der Waals surface area (Å²) in [5.74, 6) is 1.13. The predicted molar refractivity (Wildman–Crippen MR) is 128 cm³/mol. The van der Waals surface area contributed by atoms with Gasteiger partial charge in [0.1, 0.15) is 30.4 Å². The molecule has 1 amide bonds. The second-order valence-corrected chi connectivity index (χ2v) is 9.25. The molecular formula is C28H34BrN3O. The number of nitrogens with two attached hydrogens (primary N) is 1. The van der Waals surface area contributed by atoms with Crippen molar-refractivity contribution in [2.75, 3.05) is 0 Å². The Kier molecular flexibility index (Phi) is 7.96. The van der Waals surface area contributed by atoms with Gasteiger partial charge in [0, 0.05) is 6.92 Å². The normalized spacial score (nSPS) is 17.9. The lowest BCUT2D eigenvalue weighted by Gasteiger charge is -2.37. The monoisotopic (exact) mass is 507 g/mol. The molecule has 2 atom stereocenters. The van der Waals surface area contributed by atoms with Gasteiger partial charge in [-0.15, -0.1) is 0 Å². The zero-order valence-corrected chi connectivity index (χ0v) is 21.3. The molecule has 1 heterocycles. The van der Waals surface area contributed by atoms with Gasteiger partial charge in [-0.3, -0.25) is 4.79 Å². The fraction of sp³-hybridized carbons (Fsp3) is 0.357. The summed E-state index contributed by atoms with van der Waals surface area (Å²) in [6.45, 7) is 7.33. The molecule has 1 aliphatic carbocycles. The third-order valence-electron chi connectivity index (χ3n) is 7.15. The first-order chi connectivity index (χ1) is 15.4. The van der Waals surface area contributed by atoms with E-state index in [-0.39, 0.29) is 28.8 Å². The summed E-state index contributed by atoms with van der Waals surface area (Å²) in [5.41, 5.74) is 8.73. The summed E-state index contributed by atoms with van der Waals surface area (Å²) in [7, 11) is 0. The molecule has 4 rings (SSSR count). The molecule has 1 aromatic heterocycles. The van der Waals surface area contributed by atoms with Crippen LogP contribution in [-0.4, -0.2) is 10.5 Å². The molecule has 33 heavy (non-hydrogen) atoms. The van der Waals surface area contributed by atoms with Crippen LogP contribution >= 0.6 is 0 Å². The molecule has 5 heteroatoms. The predicted octanol–water partition coefficient (Wildman–Crippen LogP) is 1.87. The van der Waals surface area contributed by atoms with Gasteiger partial charge in [0.05, 0.1) is 0 Å². The third-order valence-corrected chi connectivity index (χ3v) is 7.15. The maximum absolute atomic E-state index is 13.3. The van der Waals surface area contributed by atoms with Gasteiger partial charge in [-0.05, 0) is 56.2 Å². The highest BCUT2D eigenvalue weighted by atomic mass is 79.9. The Bertz CT molecular complexity index is 1060. The lowest BCUT2D eigenvalue weighted by atomic mass is 9.64. The van der Waals surface area contributed by atoms with Crippen LogP contribution in [0, 0.1) is 12.8 Å². The second-order valence-electron chi connectivity index (χ2n) is 9.25.